The molecule has 1 aliphatic heterocycles. The second-order valence-corrected chi connectivity index (χ2v) is 8.03. The molecule has 25 heavy (non-hydrogen) atoms. The molecule has 0 unspecified atom stereocenters. The molecule has 3 rings (SSSR count). The molecule has 5 nitrogen and oxygen atoms in total. The van der Waals surface area contributed by atoms with Crippen LogP contribution in [0.2, 0.25) is 0 Å². The third-order valence-corrected chi connectivity index (χ3v) is 5.70. The molecule has 0 N–H and O–H groups in total. The van der Waals surface area contributed by atoms with Crippen LogP contribution in [0.1, 0.15) is 39.5 Å². The number of carbonyl (C=O) groups excluding carboxylic acids is 1. The van der Waals surface area contributed by atoms with Gasteiger partial charge in [-0.25, -0.2) is 0 Å². The fraction of sp³-hybridized carbons (Fsp3) is 0.526. The molecule has 134 valence electrons. The molecule has 1 saturated heterocycles. The highest BCUT2D eigenvalue weighted by molar-refractivity contribution is 7.12. The normalized spacial score (nSPS) is 15.8. The van der Waals surface area contributed by atoms with Crippen molar-refractivity contribution in [3.05, 3.63) is 45.7 Å². The van der Waals surface area contributed by atoms with Crippen LogP contribution in [0, 0.1) is 12.8 Å². The molecule has 0 saturated carbocycles. The highest BCUT2D eigenvalue weighted by Gasteiger charge is 2.25. The molecule has 0 bridgehead atoms. The van der Waals surface area contributed by atoms with Crippen molar-refractivity contribution >= 4 is 17.2 Å². The zero-order chi connectivity index (χ0) is 17.8. The SMILES string of the molecule is Cc1ccsc1C(=O)N1CCC(Cc2cnc(CN(C)C)cn2)CC1. The average molecular weight is 359 g/mol. The summed E-state index contributed by atoms with van der Waals surface area (Å²) in [7, 11) is 4.06. The maximum absolute atomic E-state index is 12.6. The van der Waals surface area contributed by atoms with Crippen LogP contribution < -0.4 is 0 Å². The number of amides is 1. The summed E-state index contributed by atoms with van der Waals surface area (Å²) in [6.45, 7) is 4.50. The minimum Gasteiger partial charge on any atom is -0.338 e. The third-order valence-electron chi connectivity index (χ3n) is 4.69. The van der Waals surface area contributed by atoms with E-state index < -0.39 is 0 Å². The van der Waals surface area contributed by atoms with E-state index in [1.54, 1.807) is 11.3 Å². The van der Waals surface area contributed by atoms with Gasteiger partial charge in [-0.05, 0) is 63.2 Å². The summed E-state index contributed by atoms with van der Waals surface area (Å²) in [4.78, 5) is 26.6. The maximum atomic E-state index is 12.6. The van der Waals surface area contributed by atoms with Crippen molar-refractivity contribution in [1.29, 1.82) is 0 Å². The van der Waals surface area contributed by atoms with Gasteiger partial charge in [0.1, 0.15) is 0 Å². The summed E-state index contributed by atoms with van der Waals surface area (Å²) in [6, 6.07) is 2.02. The smallest absolute Gasteiger partial charge is 0.264 e. The molecular formula is C19H26N4OS. The lowest BCUT2D eigenvalue weighted by Crippen LogP contribution is -2.38. The second kappa shape index (κ2) is 8.06. The molecule has 0 spiro atoms. The molecule has 0 aliphatic carbocycles. The minimum absolute atomic E-state index is 0.193. The number of likely N-dealkylation sites (tertiary alicyclic amines) is 1. The lowest BCUT2D eigenvalue weighted by atomic mass is 9.92. The first kappa shape index (κ1) is 18.0. The Morgan fingerprint density at radius 3 is 2.48 bits per heavy atom. The summed E-state index contributed by atoms with van der Waals surface area (Å²) in [5, 5.41) is 1.99. The Labute approximate surface area is 153 Å². The molecule has 1 fully saturated rings. The van der Waals surface area contributed by atoms with E-state index in [-0.39, 0.29) is 5.91 Å². The van der Waals surface area contributed by atoms with E-state index in [2.05, 4.69) is 14.9 Å². The predicted octanol–water partition coefficient (Wildman–Crippen LogP) is 3.00. The van der Waals surface area contributed by atoms with E-state index in [0.29, 0.717) is 5.92 Å². The first-order valence-corrected chi connectivity index (χ1v) is 9.69. The number of aryl methyl sites for hydroxylation is 1. The Balaban J connectivity index is 1.51. The van der Waals surface area contributed by atoms with E-state index in [1.165, 1.54) is 0 Å². The fourth-order valence-electron chi connectivity index (χ4n) is 3.26. The van der Waals surface area contributed by atoms with Crippen molar-refractivity contribution in [2.75, 3.05) is 27.2 Å². The van der Waals surface area contributed by atoms with E-state index >= 15 is 0 Å². The van der Waals surface area contributed by atoms with Crippen LogP contribution in [-0.4, -0.2) is 52.9 Å². The number of hydrogen-bond donors (Lipinski definition) is 0. The summed E-state index contributed by atoms with van der Waals surface area (Å²) in [5.41, 5.74) is 3.15. The molecule has 2 aromatic heterocycles. The first-order chi connectivity index (χ1) is 12.0. The number of hydrogen-bond acceptors (Lipinski definition) is 5. The van der Waals surface area contributed by atoms with Crippen molar-refractivity contribution in [3.63, 3.8) is 0 Å². The standard InChI is InChI=1S/C19H26N4OS/c1-14-6-9-25-18(14)19(24)23-7-4-15(5-8-23)10-16-11-21-17(12-20-16)13-22(2)3/h6,9,11-12,15H,4-5,7-8,10,13H2,1-3H3. The van der Waals surface area contributed by atoms with E-state index in [1.807, 2.05) is 49.8 Å². The maximum Gasteiger partial charge on any atom is 0.264 e. The number of nitrogens with zero attached hydrogens (tertiary/aromatic N) is 4. The largest absolute Gasteiger partial charge is 0.338 e. The van der Waals surface area contributed by atoms with Crippen molar-refractivity contribution in [2.45, 2.75) is 32.7 Å². The van der Waals surface area contributed by atoms with Crippen LogP contribution in [0.4, 0.5) is 0 Å². The molecule has 0 aromatic carbocycles. The highest BCUT2D eigenvalue weighted by Crippen LogP contribution is 2.24. The van der Waals surface area contributed by atoms with Gasteiger partial charge in [0, 0.05) is 25.8 Å². The Bertz CT molecular complexity index is 702. The van der Waals surface area contributed by atoms with Gasteiger partial charge in [-0.3, -0.25) is 14.8 Å². The summed E-state index contributed by atoms with van der Waals surface area (Å²) in [5.74, 6) is 0.779. The number of rotatable bonds is 5. The zero-order valence-electron chi connectivity index (χ0n) is 15.2. The molecule has 1 aliphatic rings. The quantitative estimate of drug-likeness (QED) is 0.824. The van der Waals surface area contributed by atoms with Crippen molar-refractivity contribution in [3.8, 4) is 0 Å². The van der Waals surface area contributed by atoms with Crippen molar-refractivity contribution in [2.24, 2.45) is 5.92 Å². The Morgan fingerprint density at radius 2 is 1.92 bits per heavy atom. The Morgan fingerprint density at radius 1 is 1.24 bits per heavy atom. The predicted molar refractivity (Wildman–Crippen MR) is 101 cm³/mol. The summed E-state index contributed by atoms with van der Waals surface area (Å²) < 4.78 is 0. The molecule has 3 heterocycles. The van der Waals surface area contributed by atoms with Gasteiger partial charge in [0.2, 0.25) is 0 Å². The summed E-state index contributed by atoms with van der Waals surface area (Å²) >= 11 is 1.55. The lowest BCUT2D eigenvalue weighted by molar-refractivity contribution is 0.0694. The van der Waals surface area contributed by atoms with Gasteiger partial charge >= 0.3 is 0 Å². The van der Waals surface area contributed by atoms with Gasteiger partial charge < -0.3 is 9.80 Å². The molecule has 0 radical (unpaired) electrons. The van der Waals surface area contributed by atoms with E-state index in [9.17, 15) is 4.79 Å². The van der Waals surface area contributed by atoms with Crippen molar-refractivity contribution in [1.82, 2.24) is 19.8 Å². The Hall–Kier alpha value is -1.79. The van der Waals surface area contributed by atoms with Crippen LogP contribution in [-0.2, 0) is 13.0 Å². The van der Waals surface area contributed by atoms with Gasteiger partial charge in [0.05, 0.1) is 22.5 Å². The lowest BCUT2D eigenvalue weighted by Gasteiger charge is -2.31. The first-order valence-electron chi connectivity index (χ1n) is 8.81. The molecule has 2 aromatic rings. The monoisotopic (exact) mass is 358 g/mol. The van der Waals surface area contributed by atoms with Crippen LogP contribution in [0.3, 0.4) is 0 Å². The number of piperidine rings is 1. The van der Waals surface area contributed by atoms with Crippen LogP contribution in [0.25, 0.3) is 0 Å². The topological polar surface area (TPSA) is 49.3 Å². The van der Waals surface area contributed by atoms with Crippen molar-refractivity contribution < 1.29 is 4.79 Å². The van der Waals surface area contributed by atoms with Gasteiger partial charge in [-0.2, -0.15) is 0 Å². The van der Waals surface area contributed by atoms with Gasteiger partial charge in [-0.15, -0.1) is 11.3 Å². The van der Waals surface area contributed by atoms with Crippen LogP contribution >= 0.6 is 11.3 Å². The number of aromatic nitrogens is 2. The van der Waals surface area contributed by atoms with Crippen LogP contribution in [0.15, 0.2) is 23.8 Å². The molecule has 6 heteroatoms. The Kier molecular flexibility index (Phi) is 5.81. The van der Waals surface area contributed by atoms with Crippen LogP contribution in [0.5, 0.6) is 0 Å². The summed E-state index contributed by atoms with van der Waals surface area (Å²) in [6.07, 6.45) is 6.82. The molecular weight excluding hydrogens is 332 g/mol. The van der Waals surface area contributed by atoms with E-state index in [0.717, 1.165) is 60.7 Å². The van der Waals surface area contributed by atoms with Gasteiger partial charge in [-0.1, -0.05) is 0 Å². The average Bonchev–Trinajstić information content (AvgIpc) is 3.02. The second-order valence-electron chi connectivity index (χ2n) is 7.11. The minimum atomic E-state index is 0.193. The zero-order valence-corrected chi connectivity index (χ0v) is 16.1. The highest BCUT2D eigenvalue weighted by atomic mass is 32.1. The molecule has 0 atom stereocenters. The number of carbonyl (C=O) groups is 1. The van der Waals surface area contributed by atoms with Gasteiger partial charge in [0.15, 0.2) is 0 Å². The fourth-order valence-corrected chi connectivity index (χ4v) is 4.16. The molecule has 1 amide bonds. The number of thiophene rings is 1. The van der Waals surface area contributed by atoms with E-state index in [4.69, 9.17) is 0 Å². The third kappa shape index (κ3) is 4.64. The van der Waals surface area contributed by atoms with Gasteiger partial charge in [0.25, 0.3) is 5.91 Å².